The lowest BCUT2D eigenvalue weighted by atomic mass is 10.1. The summed E-state index contributed by atoms with van der Waals surface area (Å²) in [5.74, 6) is 0. The summed E-state index contributed by atoms with van der Waals surface area (Å²) in [6.45, 7) is 0. The topological polar surface area (TPSA) is 289 Å². The number of rotatable bonds is 8. The molecule has 1 aromatic heterocycles. The molecule has 0 saturated heterocycles. The van der Waals surface area contributed by atoms with Gasteiger partial charge in [0.15, 0.2) is 11.4 Å². The van der Waals surface area contributed by atoms with Crippen LogP contribution >= 0.6 is 0 Å². The zero-order chi connectivity index (χ0) is 28.0. The van der Waals surface area contributed by atoms with E-state index in [1.807, 2.05) is 23.1 Å². The molecule has 0 aliphatic carbocycles. The SMILES string of the molecule is Cn1ccnc1.O=[N+]([O-])c1cc([N+](=O)[O-])c(Nc2c([N+](=O)[O-])cc([N+](=O)[O-])cc2[N+](=O)[O-])c([N+](=O)[O-])c1. The number of nitro groups is 6. The van der Waals surface area contributed by atoms with Crippen molar-refractivity contribution < 1.29 is 29.5 Å². The first-order valence-electron chi connectivity index (χ1n) is 9.16. The van der Waals surface area contributed by atoms with Crippen LogP contribution in [0.2, 0.25) is 0 Å². The molecule has 0 bridgehead atoms. The molecule has 0 radical (unpaired) electrons. The van der Waals surface area contributed by atoms with E-state index in [2.05, 4.69) is 4.98 Å². The fraction of sp³-hybridized carbons (Fsp3) is 0.0625. The second-order valence-corrected chi connectivity index (χ2v) is 6.61. The van der Waals surface area contributed by atoms with Crippen molar-refractivity contribution in [3.05, 3.63) is 104 Å². The highest BCUT2D eigenvalue weighted by Gasteiger charge is 2.36. The largest absolute Gasteiger partial charge is 0.341 e. The van der Waals surface area contributed by atoms with Crippen molar-refractivity contribution in [2.75, 3.05) is 5.32 Å². The number of aryl methyl sites for hydroxylation is 1. The van der Waals surface area contributed by atoms with Gasteiger partial charge in [0.05, 0.1) is 60.1 Å². The third kappa shape index (κ3) is 6.25. The smallest absolute Gasteiger partial charge is 0.306 e. The summed E-state index contributed by atoms with van der Waals surface area (Å²) in [5, 5.41) is 68.9. The molecule has 21 heteroatoms. The number of benzene rings is 2. The van der Waals surface area contributed by atoms with Gasteiger partial charge in [-0.15, -0.1) is 0 Å². The van der Waals surface area contributed by atoms with E-state index < -0.39 is 75.0 Å². The predicted molar refractivity (Wildman–Crippen MR) is 119 cm³/mol. The van der Waals surface area contributed by atoms with Gasteiger partial charge in [0, 0.05) is 19.4 Å². The Morgan fingerprint density at radius 3 is 1.11 bits per heavy atom. The molecule has 0 aliphatic heterocycles. The van der Waals surface area contributed by atoms with Crippen LogP contribution in [0.15, 0.2) is 43.0 Å². The minimum absolute atomic E-state index is 0.290. The Bertz CT molecular complexity index is 1280. The number of anilines is 2. The highest BCUT2D eigenvalue weighted by atomic mass is 16.6. The maximum absolute atomic E-state index is 11.3. The van der Waals surface area contributed by atoms with Gasteiger partial charge in [0.25, 0.3) is 11.4 Å². The van der Waals surface area contributed by atoms with E-state index in [9.17, 15) is 60.7 Å². The Labute approximate surface area is 201 Å². The molecule has 0 saturated carbocycles. The first-order chi connectivity index (χ1) is 17.2. The molecule has 1 N–H and O–H groups in total. The molecule has 0 unspecified atom stereocenters. The third-order valence-electron chi connectivity index (χ3n) is 4.26. The maximum Gasteiger partial charge on any atom is 0.306 e. The van der Waals surface area contributed by atoms with Gasteiger partial charge >= 0.3 is 22.7 Å². The van der Waals surface area contributed by atoms with E-state index in [1.54, 1.807) is 12.5 Å². The second kappa shape index (κ2) is 10.9. The lowest BCUT2D eigenvalue weighted by molar-refractivity contribution is -0.402. The summed E-state index contributed by atoms with van der Waals surface area (Å²) in [5.41, 5.74) is -9.66. The Morgan fingerprint density at radius 2 is 0.946 bits per heavy atom. The number of hydrogen-bond acceptors (Lipinski definition) is 14. The van der Waals surface area contributed by atoms with Crippen LogP contribution in [0.1, 0.15) is 0 Å². The van der Waals surface area contributed by atoms with Crippen LogP contribution in [0.5, 0.6) is 0 Å². The minimum Gasteiger partial charge on any atom is -0.341 e. The van der Waals surface area contributed by atoms with Crippen LogP contribution in [-0.2, 0) is 7.05 Å². The molecule has 37 heavy (non-hydrogen) atoms. The number of imidazole rings is 1. The number of nitrogens with zero attached hydrogens (tertiary/aromatic N) is 8. The summed E-state index contributed by atoms with van der Waals surface area (Å²) < 4.78 is 1.89. The molecule has 1 heterocycles. The minimum atomic E-state index is -1.30. The van der Waals surface area contributed by atoms with Crippen LogP contribution in [0.4, 0.5) is 45.5 Å². The van der Waals surface area contributed by atoms with Crippen molar-refractivity contribution in [1.29, 1.82) is 0 Å². The van der Waals surface area contributed by atoms with E-state index in [0.29, 0.717) is 24.3 Å². The van der Waals surface area contributed by atoms with Gasteiger partial charge in [-0.25, -0.2) is 4.98 Å². The molecule has 192 valence electrons. The molecular weight excluding hydrogens is 510 g/mol. The van der Waals surface area contributed by atoms with E-state index in [-0.39, 0.29) is 0 Å². The summed E-state index contributed by atoms with van der Waals surface area (Å²) in [6.07, 6.45) is 5.39. The van der Waals surface area contributed by atoms with Crippen molar-refractivity contribution in [3.63, 3.8) is 0 Å². The maximum atomic E-state index is 11.3. The van der Waals surface area contributed by atoms with Gasteiger partial charge in [-0.2, -0.15) is 0 Å². The molecule has 3 aromatic rings. The number of non-ortho nitro benzene ring substituents is 2. The van der Waals surface area contributed by atoms with Gasteiger partial charge in [-0.05, 0) is 0 Å². The Morgan fingerprint density at radius 1 is 0.622 bits per heavy atom. The normalized spacial score (nSPS) is 9.97. The predicted octanol–water partition coefficient (Wildman–Crippen LogP) is 3.30. The van der Waals surface area contributed by atoms with Crippen molar-refractivity contribution in [1.82, 2.24) is 9.55 Å². The number of hydrogen-bond donors (Lipinski definition) is 1. The Hall–Kier alpha value is -6.15. The molecule has 0 atom stereocenters. The van der Waals surface area contributed by atoms with Gasteiger partial charge in [-0.1, -0.05) is 0 Å². The molecule has 2 aromatic carbocycles. The standard InChI is InChI=1S/C12H5N7O12.C4H6N2/c20-14(21)5-1-7(16(24)25)11(8(2-5)17(26)27)13-12-9(18(28)29)3-6(15(22)23)4-10(12)19(30)31;1-6-3-2-5-4-6/h1-4,13H;2-4H,1H3. The average molecular weight is 521 g/mol. The van der Waals surface area contributed by atoms with Crippen molar-refractivity contribution in [3.8, 4) is 0 Å². The summed E-state index contributed by atoms with van der Waals surface area (Å²) in [4.78, 5) is 63.3. The van der Waals surface area contributed by atoms with Gasteiger partial charge < -0.3 is 9.88 Å². The molecular formula is C16H11N9O12. The monoisotopic (exact) mass is 521 g/mol. The molecule has 0 aliphatic rings. The Kier molecular flexibility index (Phi) is 7.95. The fourth-order valence-corrected chi connectivity index (χ4v) is 2.69. The molecule has 3 rings (SSSR count). The van der Waals surface area contributed by atoms with Crippen LogP contribution in [0.25, 0.3) is 0 Å². The van der Waals surface area contributed by atoms with Crippen LogP contribution in [-0.4, -0.2) is 39.1 Å². The van der Waals surface area contributed by atoms with Crippen molar-refractivity contribution in [2.24, 2.45) is 7.05 Å². The van der Waals surface area contributed by atoms with Crippen molar-refractivity contribution >= 4 is 45.5 Å². The summed E-state index contributed by atoms with van der Waals surface area (Å²) >= 11 is 0. The average Bonchev–Trinajstić information content (AvgIpc) is 3.29. The van der Waals surface area contributed by atoms with Crippen molar-refractivity contribution in [2.45, 2.75) is 0 Å². The van der Waals surface area contributed by atoms with Gasteiger partial charge in [0.2, 0.25) is 0 Å². The molecule has 21 nitrogen and oxygen atoms in total. The fourth-order valence-electron chi connectivity index (χ4n) is 2.69. The first-order valence-corrected chi connectivity index (χ1v) is 9.16. The van der Waals surface area contributed by atoms with E-state index >= 15 is 0 Å². The van der Waals surface area contributed by atoms with Gasteiger partial charge in [0.1, 0.15) is 0 Å². The van der Waals surface area contributed by atoms with E-state index in [1.165, 1.54) is 0 Å². The van der Waals surface area contributed by atoms with Crippen LogP contribution in [0.3, 0.4) is 0 Å². The quantitative estimate of drug-likeness (QED) is 0.328. The van der Waals surface area contributed by atoms with E-state index in [4.69, 9.17) is 0 Å². The third-order valence-corrected chi connectivity index (χ3v) is 4.26. The number of nitro benzene ring substituents is 6. The Balaban J connectivity index is 0.000000700. The number of nitrogens with one attached hydrogen (secondary N) is 1. The molecule has 0 fully saturated rings. The lowest BCUT2D eigenvalue weighted by Crippen LogP contribution is -2.07. The van der Waals surface area contributed by atoms with E-state index in [0.717, 1.165) is 0 Å². The summed E-state index contributed by atoms with van der Waals surface area (Å²) in [7, 11) is 1.94. The lowest BCUT2D eigenvalue weighted by Gasteiger charge is -2.09. The van der Waals surface area contributed by atoms with Crippen LogP contribution in [0, 0.1) is 60.7 Å². The highest BCUT2D eigenvalue weighted by molar-refractivity contribution is 5.88. The summed E-state index contributed by atoms with van der Waals surface area (Å²) in [6, 6.07) is 1.16. The zero-order valence-corrected chi connectivity index (χ0v) is 18.0. The molecule has 0 amide bonds. The highest BCUT2D eigenvalue weighted by Crippen LogP contribution is 2.45. The van der Waals surface area contributed by atoms with Gasteiger partial charge in [-0.3, -0.25) is 60.7 Å². The zero-order valence-electron chi connectivity index (χ0n) is 18.0. The molecule has 0 spiro atoms. The first kappa shape index (κ1) is 27.1. The van der Waals surface area contributed by atoms with Crippen LogP contribution < -0.4 is 5.32 Å². The number of aromatic nitrogens is 2. The second-order valence-electron chi connectivity index (χ2n) is 6.61.